The number of benzene rings is 1. The van der Waals surface area contributed by atoms with E-state index < -0.39 is 23.8 Å². The number of carbonyl (C=O) groups excluding carboxylic acids is 3. The highest BCUT2D eigenvalue weighted by molar-refractivity contribution is 5.89. The number of likely N-dealkylation sites (tertiary alicyclic amines) is 3. The molecule has 2 bridgehead atoms. The summed E-state index contributed by atoms with van der Waals surface area (Å²) in [4.78, 5) is 45.7. The number of aromatic amines is 1. The summed E-state index contributed by atoms with van der Waals surface area (Å²) in [5.41, 5.74) is 1.10. The number of ether oxygens (including phenoxy) is 1. The number of fused-ring (bicyclic) bond motifs is 3. The molecule has 7 atom stereocenters. The fourth-order valence-corrected chi connectivity index (χ4v) is 6.69. The number of piperidine rings is 1. The van der Waals surface area contributed by atoms with Crippen molar-refractivity contribution in [3.8, 4) is 17.5 Å². The Morgan fingerprint density at radius 1 is 1.22 bits per heavy atom. The van der Waals surface area contributed by atoms with Crippen LogP contribution in [0.25, 0.3) is 11.4 Å². The van der Waals surface area contributed by atoms with E-state index in [4.69, 9.17) is 4.74 Å². The Hall–Kier alpha value is -4.05. The van der Waals surface area contributed by atoms with Crippen molar-refractivity contribution in [1.82, 2.24) is 40.6 Å². The number of nitrogens with one attached hydrogen (secondary N) is 2. The molecule has 13 heteroatoms. The van der Waals surface area contributed by atoms with E-state index in [1.165, 1.54) is 0 Å². The Balaban J connectivity index is 1.15. The van der Waals surface area contributed by atoms with Crippen LogP contribution in [-0.2, 0) is 14.3 Å². The number of alkyl carbamates (subject to hydrolysis) is 1. The van der Waals surface area contributed by atoms with E-state index in [2.05, 4.69) is 32.0 Å². The number of nitriles is 1. The Morgan fingerprint density at radius 2 is 1.98 bits per heavy atom. The smallest absolute Gasteiger partial charge is 0.408 e. The second-order valence-electron chi connectivity index (χ2n) is 12.5. The Morgan fingerprint density at radius 3 is 2.61 bits per heavy atom. The molecule has 1 saturated carbocycles. The molecule has 4 heterocycles. The zero-order valence-corrected chi connectivity index (χ0v) is 23.6. The van der Waals surface area contributed by atoms with Gasteiger partial charge in [0.2, 0.25) is 17.6 Å². The van der Waals surface area contributed by atoms with Crippen molar-refractivity contribution < 1.29 is 19.1 Å². The van der Waals surface area contributed by atoms with E-state index in [0.717, 1.165) is 17.5 Å². The first-order valence-corrected chi connectivity index (χ1v) is 14.2. The molecule has 2 aromatic rings. The van der Waals surface area contributed by atoms with Gasteiger partial charge in [-0.05, 0) is 63.7 Å². The average Bonchev–Trinajstić information content (AvgIpc) is 3.36. The summed E-state index contributed by atoms with van der Waals surface area (Å²) >= 11 is 0. The molecule has 1 aromatic carbocycles. The van der Waals surface area contributed by atoms with Crippen molar-refractivity contribution in [2.24, 2.45) is 5.92 Å². The topological polar surface area (TPSA) is 160 Å². The van der Waals surface area contributed by atoms with E-state index >= 15 is 0 Å². The number of H-pyrrole nitrogens is 1. The summed E-state index contributed by atoms with van der Waals surface area (Å²) in [6.07, 6.45) is 1.53. The predicted molar refractivity (Wildman–Crippen MR) is 145 cm³/mol. The number of carbonyl (C=O) groups is 3. The van der Waals surface area contributed by atoms with Crippen molar-refractivity contribution in [3.63, 3.8) is 0 Å². The fraction of sp³-hybridized carbons (Fsp3) is 0.607. The number of hydrogen-bond acceptors (Lipinski definition) is 9. The summed E-state index contributed by atoms with van der Waals surface area (Å²) in [5, 5.41) is 26.5. The van der Waals surface area contributed by atoms with Crippen molar-refractivity contribution in [2.75, 3.05) is 13.1 Å². The molecule has 3 amide bonds. The van der Waals surface area contributed by atoms with Gasteiger partial charge in [-0.3, -0.25) is 14.5 Å². The molecule has 0 spiro atoms. The van der Waals surface area contributed by atoms with Gasteiger partial charge >= 0.3 is 6.09 Å². The molecule has 0 unspecified atom stereocenters. The largest absolute Gasteiger partial charge is 0.444 e. The second kappa shape index (κ2) is 10.1. The summed E-state index contributed by atoms with van der Waals surface area (Å²) < 4.78 is 5.46. The molecule has 6 rings (SSSR count). The molecule has 216 valence electrons. The molecule has 2 N–H and O–H groups in total. The van der Waals surface area contributed by atoms with Crippen LogP contribution in [0.5, 0.6) is 0 Å². The number of rotatable bonds is 7. The van der Waals surface area contributed by atoms with Gasteiger partial charge in [-0.2, -0.15) is 10.5 Å². The monoisotopic (exact) mass is 561 g/mol. The number of nitrogens with zero attached hydrogens (tertiary/aromatic N) is 7. The van der Waals surface area contributed by atoms with Gasteiger partial charge < -0.3 is 19.9 Å². The quantitative estimate of drug-likeness (QED) is 0.512. The van der Waals surface area contributed by atoms with Crippen LogP contribution in [0.2, 0.25) is 0 Å². The normalized spacial score (nSPS) is 28.3. The minimum atomic E-state index is -0.921. The maximum absolute atomic E-state index is 13.8. The van der Waals surface area contributed by atoms with Crippen LogP contribution in [0.15, 0.2) is 24.3 Å². The van der Waals surface area contributed by atoms with Gasteiger partial charge in [-0.25, -0.2) is 4.79 Å². The Kier molecular flexibility index (Phi) is 6.68. The van der Waals surface area contributed by atoms with Gasteiger partial charge in [-0.15, -0.1) is 10.2 Å². The first-order chi connectivity index (χ1) is 19.5. The van der Waals surface area contributed by atoms with E-state index in [9.17, 15) is 19.6 Å². The number of amides is 3. The zero-order chi connectivity index (χ0) is 29.1. The highest BCUT2D eigenvalue weighted by Gasteiger charge is 2.56. The zero-order valence-electron chi connectivity index (χ0n) is 23.6. The fourth-order valence-electron chi connectivity index (χ4n) is 6.69. The van der Waals surface area contributed by atoms with Crippen molar-refractivity contribution >= 4 is 17.9 Å². The first kappa shape index (κ1) is 27.1. The molecular formula is C28H35N9O4. The molecule has 0 radical (unpaired) electrons. The highest BCUT2D eigenvalue weighted by atomic mass is 16.6. The van der Waals surface area contributed by atoms with Crippen LogP contribution in [0.4, 0.5) is 4.79 Å². The van der Waals surface area contributed by atoms with Crippen LogP contribution in [0.1, 0.15) is 58.6 Å². The van der Waals surface area contributed by atoms with Gasteiger partial charge in [0, 0.05) is 30.7 Å². The Labute approximate surface area is 238 Å². The minimum absolute atomic E-state index is 0.0110. The predicted octanol–water partition coefficient (Wildman–Crippen LogP) is 1.62. The summed E-state index contributed by atoms with van der Waals surface area (Å²) in [5.74, 6) is 0.589. The van der Waals surface area contributed by atoms with Crippen molar-refractivity contribution in [3.05, 3.63) is 29.8 Å². The maximum Gasteiger partial charge on any atom is 0.408 e. The van der Waals surface area contributed by atoms with Gasteiger partial charge in [0.1, 0.15) is 17.7 Å². The van der Waals surface area contributed by atoms with Crippen LogP contribution in [0.3, 0.4) is 0 Å². The third-order valence-electron chi connectivity index (χ3n) is 8.64. The molecule has 3 saturated heterocycles. The van der Waals surface area contributed by atoms with Crippen LogP contribution >= 0.6 is 0 Å². The molecular weight excluding hydrogens is 526 g/mol. The lowest BCUT2D eigenvalue weighted by Gasteiger charge is -2.39. The Bertz CT molecular complexity index is 1370. The third-order valence-corrected chi connectivity index (χ3v) is 8.64. The van der Waals surface area contributed by atoms with Crippen LogP contribution in [0, 0.1) is 17.2 Å². The third kappa shape index (κ3) is 5.12. The molecule has 1 aliphatic carbocycles. The second-order valence-corrected chi connectivity index (χ2v) is 12.5. The van der Waals surface area contributed by atoms with E-state index in [1.807, 2.05) is 41.0 Å². The highest BCUT2D eigenvalue weighted by Crippen LogP contribution is 2.48. The van der Waals surface area contributed by atoms with E-state index in [-0.39, 0.29) is 42.5 Å². The van der Waals surface area contributed by atoms with Crippen LogP contribution in [-0.4, -0.2) is 102 Å². The lowest BCUT2D eigenvalue weighted by atomic mass is 10.0. The standard InChI is InChI=1S/C28H35N9O4/c1-15(16-5-7-17(8-6-16)24-31-33-34-32-24)36-20-11-23(26(36)39)35(13-20)14-21(30-27(40)41-28(2,3)4)25(38)37-19(12-29)9-18-10-22(18)37/h5-8,15,18-23H,9-11,13-14H2,1-4H3,(H,30,40)(H,31,32,33,34)/t15-,18-,19+,20-,21+,22+,23-/m1/s1. The van der Waals surface area contributed by atoms with Gasteiger partial charge in [0.15, 0.2) is 0 Å². The van der Waals surface area contributed by atoms with Crippen molar-refractivity contribution in [1.29, 1.82) is 5.26 Å². The molecule has 1 aromatic heterocycles. The first-order valence-electron chi connectivity index (χ1n) is 14.2. The van der Waals surface area contributed by atoms with Gasteiger partial charge in [0.25, 0.3) is 0 Å². The molecule has 13 nitrogen and oxygen atoms in total. The lowest BCUT2D eigenvalue weighted by molar-refractivity contribution is -0.141. The number of tetrazole rings is 1. The number of hydrogen-bond donors (Lipinski definition) is 2. The van der Waals surface area contributed by atoms with Crippen LogP contribution < -0.4 is 5.32 Å². The number of aromatic nitrogens is 4. The minimum Gasteiger partial charge on any atom is -0.444 e. The SMILES string of the molecule is C[C@H](c1ccc(-c2nn[nH]n2)cc1)N1C(=O)[C@H]2C[C@@H]1CN2C[C@H](NC(=O)OC(C)(C)C)C(=O)N1[C@H](C#N)C[C@@H]2C[C@@H]21. The van der Waals surface area contributed by atoms with Gasteiger partial charge in [-0.1, -0.05) is 24.3 Å². The molecule has 3 aliphatic heterocycles. The molecule has 4 aliphatic rings. The number of piperazine rings is 1. The summed E-state index contributed by atoms with van der Waals surface area (Å²) in [6, 6.07) is 8.14. The maximum atomic E-state index is 13.8. The molecule has 41 heavy (non-hydrogen) atoms. The van der Waals surface area contributed by atoms with E-state index in [1.54, 1.807) is 25.7 Å². The van der Waals surface area contributed by atoms with Crippen molar-refractivity contribution in [2.45, 2.75) is 88.8 Å². The molecule has 4 fully saturated rings. The summed E-state index contributed by atoms with van der Waals surface area (Å²) in [6.45, 7) is 8.07. The average molecular weight is 562 g/mol. The van der Waals surface area contributed by atoms with Gasteiger partial charge in [0.05, 0.1) is 18.2 Å². The van der Waals surface area contributed by atoms with E-state index in [0.29, 0.717) is 31.1 Å². The summed E-state index contributed by atoms with van der Waals surface area (Å²) in [7, 11) is 0. The lowest BCUT2D eigenvalue weighted by Crippen LogP contribution is -2.59.